The van der Waals surface area contributed by atoms with Crippen molar-refractivity contribution in [3.8, 4) is 0 Å². The van der Waals surface area contributed by atoms with Crippen molar-refractivity contribution in [2.24, 2.45) is 10.8 Å². The van der Waals surface area contributed by atoms with Gasteiger partial charge in [0.25, 0.3) is 0 Å². The van der Waals surface area contributed by atoms with Crippen LogP contribution in [0.4, 0.5) is 0 Å². The molecule has 2 aliphatic heterocycles. The van der Waals surface area contributed by atoms with Gasteiger partial charge in [-0.05, 0) is 75.0 Å². The van der Waals surface area contributed by atoms with Gasteiger partial charge >= 0.3 is 0 Å². The van der Waals surface area contributed by atoms with Crippen molar-refractivity contribution in [2.45, 2.75) is 135 Å². The average Bonchev–Trinajstić information content (AvgIpc) is 3.29. The molecule has 0 aromatic heterocycles. The zero-order valence-corrected chi connectivity index (χ0v) is 19.7. The van der Waals surface area contributed by atoms with Crippen LogP contribution >= 0.6 is 0 Å². The summed E-state index contributed by atoms with van der Waals surface area (Å²) >= 11 is 0. The highest BCUT2D eigenvalue weighted by Gasteiger charge is 2.46. The van der Waals surface area contributed by atoms with Crippen LogP contribution < -0.4 is 0 Å². The van der Waals surface area contributed by atoms with Crippen LogP contribution in [-0.2, 0) is 18.9 Å². The predicted octanol–water partition coefficient (Wildman–Crippen LogP) is 5.33. The second kappa shape index (κ2) is 8.62. The maximum absolute atomic E-state index is 10.3. The van der Waals surface area contributed by atoms with Crippen LogP contribution in [-0.4, -0.2) is 48.2 Å². The Hall–Kier alpha value is -0.200. The Kier molecular flexibility index (Phi) is 6.61. The van der Waals surface area contributed by atoms with E-state index in [4.69, 9.17) is 18.9 Å². The van der Waals surface area contributed by atoms with Gasteiger partial charge in [-0.1, -0.05) is 27.7 Å². The number of ether oxygens (including phenoxy) is 4. The molecule has 2 saturated heterocycles. The number of aliphatic hydroxyl groups excluding tert-OH is 1. The minimum absolute atomic E-state index is 0.0161. The van der Waals surface area contributed by atoms with Gasteiger partial charge in [0.1, 0.15) is 6.10 Å². The molecule has 4 rings (SSSR count). The number of aliphatic hydroxyl groups is 1. The summed E-state index contributed by atoms with van der Waals surface area (Å²) in [4.78, 5) is 0. The molecular formula is C25H44O5. The summed E-state index contributed by atoms with van der Waals surface area (Å²) in [6, 6.07) is 0. The van der Waals surface area contributed by atoms with Gasteiger partial charge in [0.05, 0.1) is 24.4 Å². The summed E-state index contributed by atoms with van der Waals surface area (Å²) in [7, 11) is 0. The lowest BCUT2D eigenvalue weighted by Gasteiger charge is -2.41. The van der Waals surface area contributed by atoms with E-state index in [0.29, 0.717) is 10.8 Å². The first-order valence-electron chi connectivity index (χ1n) is 12.4. The Morgan fingerprint density at radius 3 is 1.40 bits per heavy atom. The lowest BCUT2D eigenvalue weighted by atomic mass is 9.70. The third-order valence-corrected chi connectivity index (χ3v) is 8.41. The Balaban J connectivity index is 1.13. The van der Waals surface area contributed by atoms with E-state index >= 15 is 0 Å². The molecule has 0 radical (unpaired) electrons. The first kappa shape index (κ1) is 23.0. The lowest BCUT2D eigenvalue weighted by molar-refractivity contribution is -0.211. The summed E-state index contributed by atoms with van der Waals surface area (Å²) in [6.07, 6.45) is 12.4. The fraction of sp³-hybridized carbons (Fsp3) is 1.00. The fourth-order valence-electron chi connectivity index (χ4n) is 5.78. The second-order valence-corrected chi connectivity index (χ2v) is 12.2. The minimum atomic E-state index is -0.638. The highest BCUT2D eigenvalue weighted by Crippen LogP contribution is 2.49. The molecule has 0 aromatic carbocycles. The van der Waals surface area contributed by atoms with E-state index in [2.05, 4.69) is 27.7 Å². The third-order valence-electron chi connectivity index (χ3n) is 8.41. The number of rotatable bonds is 6. The largest absolute Gasteiger partial charge is 0.388 e. The van der Waals surface area contributed by atoms with Crippen LogP contribution in [0.15, 0.2) is 0 Å². The van der Waals surface area contributed by atoms with Crippen LogP contribution in [0.2, 0.25) is 0 Å². The van der Waals surface area contributed by atoms with Crippen LogP contribution in [0.25, 0.3) is 0 Å². The maximum Gasteiger partial charge on any atom is 0.158 e. The van der Waals surface area contributed by atoms with Crippen molar-refractivity contribution in [1.82, 2.24) is 0 Å². The smallest absolute Gasteiger partial charge is 0.158 e. The lowest BCUT2D eigenvalue weighted by Crippen LogP contribution is -2.38. The van der Waals surface area contributed by atoms with Crippen molar-refractivity contribution in [3.05, 3.63) is 0 Å². The third kappa shape index (κ3) is 5.58. The molecule has 2 saturated carbocycles. The molecule has 5 heteroatoms. The molecular weight excluding hydrogens is 380 g/mol. The summed E-state index contributed by atoms with van der Waals surface area (Å²) < 4.78 is 24.4. The Morgan fingerprint density at radius 1 is 0.667 bits per heavy atom. The van der Waals surface area contributed by atoms with Crippen LogP contribution in [0.3, 0.4) is 0 Å². The molecule has 0 bridgehead atoms. The Bertz CT molecular complexity index is 516. The van der Waals surface area contributed by atoms with Gasteiger partial charge in [-0.25, -0.2) is 0 Å². The van der Waals surface area contributed by atoms with Gasteiger partial charge in [0.15, 0.2) is 12.6 Å². The minimum Gasteiger partial charge on any atom is -0.388 e. The van der Waals surface area contributed by atoms with Crippen LogP contribution in [0.5, 0.6) is 0 Å². The van der Waals surface area contributed by atoms with Crippen molar-refractivity contribution in [2.75, 3.05) is 13.2 Å². The second-order valence-electron chi connectivity index (χ2n) is 12.2. The van der Waals surface area contributed by atoms with E-state index in [-0.39, 0.29) is 37.0 Å². The van der Waals surface area contributed by atoms with Gasteiger partial charge in [-0.2, -0.15) is 0 Å². The molecule has 2 unspecified atom stereocenters. The topological polar surface area (TPSA) is 57.2 Å². The molecule has 4 aliphatic rings. The number of hydrogen-bond acceptors (Lipinski definition) is 5. The Morgan fingerprint density at radius 2 is 1.03 bits per heavy atom. The molecule has 2 aliphatic carbocycles. The highest BCUT2D eigenvalue weighted by molar-refractivity contribution is 4.95. The van der Waals surface area contributed by atoms with E-state index in [1.54, 1.807) is 0 Å². The monoisotopic (exact) mass is 424 g/mol. The van der Waals surface area contributed by atoms with Crippen molar-refractivity contribution in [1.29, 1.82) is 0 Å². The maximum atomic E-state index is 10.3. The number of hydrogen-bond donors (Lipinski definition) is 1. The Labute approximate surface area is 183 Å². The first-order chi connectivity index (χ1) is 14.1. The summed E-state index contributed by atoms with van der Waals surface area (Å²) in [5, 5.41) is 10.3. The molecule has 0 amide bonds. The summed E-state index contributed by atoms with van der Waals surface area (Å²) in [5.41, 5.74) is 0.913. The fourth-order valence-corrected chi connectivity index (χ4v) is 5.78. The zero-order chi connectivity index (χ0) is 21.5. The van der Waals surface area contributed by atoms with Crippen molar-refractivity contribution in [3.63, 3.8) is 0 Å². The summed E-state index contributed by atoms with van der Waals surface area (Å²) in [6.45, 7) is 9.93. The normalized spacial score (nSPS) is 35.1. The van der Waals surface area contributed by atoms with Crippen LogP contribution in [0.1, 0.15) is 105 Å². The zero-order valence-electron chi connectivity index (χ0n) is 19.7. The van der Waals surface area contributed by atoms with Crippen molar-refractivity contribution >= 4 is 0 Å². The van der Waals surface area contributed by atoms with Gasteiger partial charge in [0, 0.05) is 12.8 Å². The van der Waals surface area contributed by atoms with E-state index in [1.807, 2.05) is 0 Å². The van der Waals surface area contributed by atoms with E-state index in [9.17, 15) is 5.11 Å². The van der Waals surface area contributed by atoms with Gasteiger partial charge < -0.3 is 24.1 Å². The molecule has 0 aromatic rings. The quantitative estimate of drug-likeness (QED) is 0.624. The van der Waals surface area contributed by atoms with Crippen molar-refractivity contribution < 1.29 is 24.1 Å². The molecule has 30 heavy (non-hydrogen) atoms. The SMILES string of the molecule is CC1(C)CCC2(CCC(OCC(O)COC3CCC4(CCC(C)(C)CC4)O3)O2)CC1. The molecule has 2 atom stereocenters. The van der Waals surface area contributed by atoms with Gasteiger partial charge in [-0.3, -0.25) is 0 Å². The highest BCUT2D eigenvalue weighted by atomic mass is 16.7. The van der Waals surface area contributed by atoms with Gasteiger partial charge in [-0.15, -0.1) is 0 Å². The molecule has 2 heterocycles. The standard InChI is InChI=1S/C25H44O5/c1-22(2)9-13-24(14-10-22)7-5-20(29-24)27-17-19(26)18-28-21-6-8-25(30-21)15-11-23(3,4)12-16-25/h19-21,26H,5-18H2,1-4H3. The molecule has 174 valence electrons. The molecule has 1 N–H and O–H groups in total. The van der Waals surface area contributed by atoms with Crippen LogP contribution in [0, 0.1) is 10.8 Å². The van der Waals surface area contributed by atoms with E-state index < -0.39 is 6.10 Å². The van der Waals surface area contributed by atoms with Gasteiger partial charge in [0.2, 0.25) is 0 Å². The molecule has 5 nitrogen and oxygen atoms in total. The van der Waals surface area contributed by atoms with E-state index in [1.165, 1.54) is 25.7 Å². The average molecular weight is 425 g/mol. The van der Waals surface area contributed by atoms with E-state index in [0.717, 1.165) is 51.4 Å². The summed E-state index contributed by atoms with van der Waals surface area (Å²) in [5.74, 6) is 0. The first-order valence-corrected chi connectivity index (χ1v) is 12.4. The molecule has 2 spiro atoms. The predicted molar refractivity (Wildman–Crippen MR) is 116 cm³/mol. The molecule has 4 fully saturated rings.